The molecule has 0 radical (unpaired) electrons. The second-order valence-electron chi connectivity index (χ2n) is 8.59. The Hall–Kier alpha value is -1.52. The van der Waals surface area contributed by atoms with E-state index in [1.54, 1.807) is 12.1 Å². The van der Waals surface area contributed by atoms with E-state index in [4.69, 9.17) is 0 Å². The monoisotopic (exact) mass is 386 g/mol. The minimum atomic E-state index is -0.238. The molecule has 0 saturated carbocycles. The van der Waals surface area contributed by atoms with Crippen molar-refractivity contribution in [1.82, 2.24) is 0 Å². The third-order valence-electron chi connectivity index (χ3n) is 6.45. The highest BCUT2D eigenvalue weighted by Gasteiger charge is 2.47. The summed E-state index contributed by atoms with van der Waals surface area (Å²) in [7, 11) is 0. The van der Waals surface area contributed by atoms with E-state index in [2.05, 4.69) is 41.5 Å². The molecule has 0 unspecified atom stereocenters. The van der Waals surface area contributed by atoms with Crippen LogP contribution >= 0.6 is 22.7 Å². The Morgan fingerprint density at radius 3 is 1.38 bits per heavy atom. The number of hydrogen-bond acceptors (Lipinski definition) is 2. The second-order valence-corrected chi connectivity index (χ2v) is 10.6. The van der Waals surface area contributed by atoms with Crippen molar-refractivity contribution in [3.8, 4) is 20.9 Å². The summed E-state index contributed by atoms with van der Waals surface area (Å²) in [6, 6.07) is 3.40. The molecule has 0 spiro atoms. The average Bonchev–Trinajstić information content (AvgIpc) is 3.19. The number of halogens is 2. The molecule has 0 saturated heterocycles. The number of thiophene rings is 2. The smallest absolute Gasteiger partial charge is 0.177 e. The first-order chi connectivity index (χ1) is 12.1. The third kappa shape index (κ3) is 1.68. The van der Waals surface area contributed by atoms with E-state index in [0.29, 0.717) is 0 Å². The molecule has 2 heterocycles. The van der Waals surface area contributed by atoms with E-state index in [1.165, 1.54) is 56.1 Å². The summed E-state index contributed by atoms with van der Waals surface area (Å²) in [4.78, 5) is 2.14. The Kier molecular flexibility index (Phi) is 2.98. The summed E-state index contributed by atoms with van der Waals surface area (Å²) >= 11 is 2.51. The summed E-state index contributed by atoms with van der Waals surface area (Å²) < 4.78 is 28.2. The molecule has 0 aliphatic heterocycles. The lowest BCUT2D eigenvalue weighted by atomic mass is 9.74. The molecule has 26 heavy (non-hydrogen) atoms. The van der Waals surface area contributed by atoms with Crippen LogP contribution in [0.3, 0.4) is 0 Å². The van der Waals surface area contributed by atoms with Gasteiger partial charge in [-0.25, -0.2) is 0 Å². The van der Waals surface area contributed by atoms with Gasteiger partial charge in [0, 0.05) is 20.6 Å². The largest absolute Gasteiger partial charge is 0.195 e. The van der Waals surface area contributed by atoms with Crippen molar-refractivity contribution in [2.24, 2.45) is 0 Å². The topological polar surface area (TPSA) is 0 Å². The van der Waals surface area contributed by atoms with Crippen LogP contribution in [0, 0.1) is 24.1 Å². The Balaban J connectivity index is 1.97. The lowest BCUT2D eigenvalue weighted by molar-refractivity contribution is 0.625. The van der Waals surface area contributed by atoms with Gasteiger partial charge in [0.1, 0.15) is 0 Å². The van der Waals surface area contributed by atoms with E-state index in [0.717, 1.165) is 20.9 Å². The number of hydrogen-bond donors (Lipinski definition) is 0. The molecule has 0 bridgehead atoms. The van der Waals surface area contributed by atoms with Crippen molar-refractivity contribution >= 4 is 22.7 Å². The van der Waals surface area contributed by atoms with Gasteiger partial charge in [0.15, 0.2) is 10.3 Å². The lowest BCUT2D eigenvalue weighted by Gasteiger charge is -2.29. The van der Waals surface area contributed by atoms with Crippen LogP contribution in [0.2, 0.25) is 0 Å². The van der Waals surface area contributed by atoms with E-state index in [1.807, 2.05) is 0 Å². The summed E-state index contributed by atoms with van der Waals surface area (Å²) in [5, 5.41) is -0.238. The van der Waals surface area contributed by atoms with Crippen molar-refractivity contribution in [2.45, 2.75) is 52.4 Å². The van der Waals surface area contributed by atoms with Gasteiger partial charge in [-0.15, -0.1) is 22.7 Å². The van der Waals surface area contributed by atoms with E-state index in [9.17, 15) is 8.78 Å². The van der Waals surface area contributed by atoms with Crippen LogP contribution in [0.5, 0.6) is 0 Å². The zero-order valence-corrected chi connectivity index (χ0v) is 17.4. The summed E-state index contributed by atoms with van der Waals surface area (Å²) in [6.07, 6.45) is 0. The highest BCUT2D eigenvalue weighted by atomic mass is 32.1. The van der Waals surface area contributed by atoms with Crippen LogP contribution in [0.1, 0.15) is 61.1 Å². The van der Waals surface area contributed by atoms with Crippen LogP contribution < -0.4 is 0 Å². The predicted octanol–water partition coefficient (Wildman–Crippen LogP) is 7.32. The fourth-order valence-electron chi connectivity index (χ4n) is 5.42. The van der Waals surface area contributed by atoms with Gasteiger partial charge >= 0.3 is 0 Å². The predicted molar refractivity (Wildman–Crippen MR) is 107 cm³/mol. The molecular formula is C22H20F2S2. The van der Waals surface area contributed by atoms with E-state index >= 15 is 0 Å². The highest BCUT2D eigenvalue weighted by Crippen LogP contribution is 2.62. The van der Waals surface area contributed by atoms with Gasteiger partial charge in [0.25, 0.3) is 0 Å². The molecule has 0 atom stereocenters. The fraction of sp³-hybridized carbons (Fsp3) is 0.364. The molecule has 0 fully saturated rings. The van der Waals surface area contributed by atoms with Crippen LogP contribution in [0.15, 0.2) is 12.1 Å². The summed E-state index contributed by atoms with van der Waals surface area (Å²) in [5.74, 6) is 0. The van der Waals surface area contributed by atoms with Gasteiger partial charge in [0.05, 0.1) is 0 Å². The normalized spacial score (nSPS) is 17.8. The van der Waals surface area contributed by atoms with Crippen molar-refractivity contribution in [1.29, 1.82) is 0 Å². The molecule has 0 amide bonds. The highest BCUT2D eigenvalue weighted by molar-refractivity contribution is 7.14. The molecule has 1 aromatic carbocycles. The van der Waals surface area contributed by atoms with Gasteiger partial charge < -0.3 is 0 Å². The molecule has 0 N–H and O–H groups in total. The maximum absolute atomic E-state index is 14.1. The zero-order valence-electron chi connectivity index (χ0n) is 15.7. The van der Waals surface area contributed by atoms with Gasteiger partial charge in [0.2, 0.25) is 0 Å². The zero-order chi connectivity index (χ0) is 18.8. The Morgan fingerprint density at radius 2 is 1.04 bits per heavy atom. The molecule has 2 aromatic heterocycles. The summed E-state index contributed by atoms with van der Waals surface area (Å²) in [6.45, 7) is 13.0. The van der Waals surface area contributed by atoms with Crippen molar-refractivity contribution in [3.05, 3.63) is 55.8 Å². The molecule has 5 rings (SSSR count). The number of rotatable bonds is 0. The molecule has 2 aliphatic rings. The molecular weight excluding hydrogens is 366 g/mol. The maximum Gasteiger partial charge on any atom is 0.177 e. The van der Waals surface area contributed by atoms with Gasteiger partial charge in [-0.05, 0) is 70.5 Å². The van der Waals surface area contributed by atoms with Crippen LogP contribution in [0.4, 0.5) is 8.78 Å². The first-order valence-corrected chi connectivity index (χ1v) is 10.5. The van der Waals surface area contributed by atoms with Crippen LogP contribution in [-0.2, 0) is 10.8 Å². The molecule has 0 nitrogen and oxygen atoms in total. The minimum absolute atomic E-state index is 0.119. The van der Waals surface area contributed by atoms with Gasteiger partial charge in [-0.2, -0.15) is 8.78 Å². The maximum atomic E-state index is 14.1. The van der Waals surface area contributed by atoms with Gasteiger partial charge in [-0.1, -0.05) is 27.7 Å². The lowest BCUT2D eigenvalue weighted by Crippen LogP contribution is -2.20. The molecule has 4 heteroatoms. The SMILES string of the molecule is Cc1c2c(c(C)c3c1C(C)(C)c1cc(F)sc1-3)C(C)(C)c1cc(F)sc1-2. The Morgan fingerprint density at radius 1 is 0.692 bits per heavy atom. The van der Waals surface area contributed by atoms with Crippen molar-refractivity contribution < 1.29 is 8.78 Å². The van der Waals surface area contributed by atoms with Crippen molar-refractivity contribution in [3.63, 3.8) is 0 Å². The van der Waals surface area contributed by atoms with E-state index in [-0.39, 0.29) is 21.1 Å². The summed E-state index contributed by atoms with van der Waals surface area (Å²) in [5.41, 5.74) is 9.13. The number of benzene rings is 1. The first kappa shape index (κ1) is 16.6. The third-order valence-corrected chi connectivity index (χ3v) is 8.34. The number of fused-ring (bicyclic) bond motifs is 6. The van der Waals surface area contributed by atoms with Crippen LogP contribution in [-0.4, -0.2) is 0 Å². The minimum Gasteiger partial charge on any atom is -0.195 e. The standard InChI is InChI=1S/C22H20F2S2/c1-9-15-18(22(5,6)11-7-13(23)25-19(11)15)10(2)16-17(9)21(3,4)12-8-14(24)26-20(12)16/h7-8H,1-6H3. The fourth-order valence-corrected chi connectivity index (χ4v) is 7.73. The Labute approximate surface area is 160 Å². The van der Waals surface area contributed by atoms with E-state index < -0.39 is 0 Å². The first-order valence-electron chi connectivity index (χ1n) is 8.85. The molecule has 3 aromatic rings. The van der Waals surface area contributed by atoms with Crippen molar-refractivity contribution in [2.75, 3.05) is 0 Å². The Bertz CT molecular complexity index is 1040. The average molecular weight is 387 g/mol. The molecule has 134 valence electrons. The van der Waals surface area contributed by atoms with Gasteiger partial charge in [-0.3, -0.25) is 0 Å². The molecule has 2 aliphatic carbocycles. The van der Waals surface area contributed by atoms with Crippen LogP contribution in [0.25, 0.3) is 20.9 Å². The second kappa shape index (κ2) is 4.66. The quantitative estimate of drug-likeness (QED) is 0.380.